The molecule has 1 aromatic rings. The number of quaternary nitrogens is 1. The minimum absolute atomic E-state index is 0.306. The Morgan fingerprint density at radius 1 is 1.14 bits per heavy atom. The molecule has 1 amide bonds. The molecule has 3 rings (SSSR count). The number of likely N-dealkylation sites (tertiary alicyclic amines) is 1. The summed E-state index contributed by atoms with van der Waals surface area (Å²) >= 11 is 0. The summed E-state index contributed by atoms with van der Waals surface area (Å²) in [6.45, 7) is 4.00. The van der Waals surface area contributed by atoms with Crippen molar-refractivity contribution in [3.05, 3.63) is 29.8 Å². The Morgan fingerprint density at radius 2 is 1.86 bits per heavy atom. The Balaban J connectivity index is 1.75. The van der Waals surface area contributed by atoms with Crippen molar-refractivity contribution < 1.29 is 14.4 Å². The van der Waals surface area contributed by atoms with E-state index in [2.05, 4.69) is 5.32 Å². The highest BCUT2D eigenvalue weighted by Gasteiger charge is 2.45. The topological polar surface area (TPSA) is 49.3 Å². The van der Waals surface area contributed by atoms with E-state index in [1.54, 1.807) is 12.1 Å². The molecule has 1 unspecified atom stereocenters. The summed E-state index contributed by atoms with van der Waals surface area (Å²) in [6, 6.07) is 7.92. The van der Waals surface area contributed by atoms with Crippen LogP contribution in [0, 0.1) is 0 Å². The fourth-order valence-corrected chi connectivity index (χ4v) is 4.11. The third-order valence-electron chi connectivity index (χ3n) is 5.44. The molecule has 4 heteroatoms. The third-order valence-corrected chi connectivity index (χ3v) is 5.44. The molecule has 2 heterocycles. The Labute approximate surface area is 132 Å². The van der Waals surface area contributed by atoms with Crippen molar-refractivity contribution in [1.29, 1.82) is 0 Å². The molecule has 0 aliphatic carbocycles. The van der Waals surface area contributed by atoms with Crippen molar-refractivity contribution in [3.63, 3.8) is 0 Å². The van der Waals surface area contributed by atoms with Crippen LogP contribution >= 0.6 is 0 Å². The SMILES string of the molecule is O=C1CCCC[N+]1(CCc1ccc(O)cc1)C1CCNCC1. The predicted molar refractivity (Wildman–Crippen MR) is 86.6 cm³/mol. The number of carbonyl (C=O) groups excluding carboxylic acids is 1. The quantitative estimate of drug-likeness (QED) is 0.839. The number of phenols is 1. The van der Waals surface area contributed by atoms with Gasteiger partial charge in [0.15, 0.2) is 0 Å². The molecule has 0 spiro atoms. The van der Waals surface area contributed by atoms with E-state index in [-0.39, 0.29) is 0 Å². The van der Waals surface area contributed by atoms with Crippen LogP contribution in [0.15, 0.2) is 24.3 Å². The molecule has 2 saturated heterocycles. The highest BCUT2D eigenvalue weighted by Crippen LogP contribution is 2.29. The number of hydrogen-bond acceptors (Lipinski definition) is 3. The van der Waals surface area contributed by atoms with E-state index < -0.39 is 0 Å². The van der Waals surface area contributed by atoms with E-state index in [1.807, 2.05) is 12.1 Å². The number of piperidine rings is 2. The summed E-state index contributed by atoms with van der Waals surface area (Å²) in [5.74, 6) is 0.761. The molecular weight excluding hydrogens is 276 g/mol. The molecule has 2 aliphatic heterocycles. The second-order valence-electron chi connectivity index (χ2n) is 6.73. The van der Waals surface area contributed by atoms with Crippen molar-refractivity contribution in [3.8, 4) is 5.75 Å². The zero-order valence-corrected chi connectivity index (χ0v) is 13.3. The summed E-state index contributed by atoms with van der Waals surface area (Å²) in [5.41, 5.74) is 1.21. The van der Waals surface area contributed by atoms with E-state index in [1.165, 1.54) is 12.0 Å². The second-order valence-corrected chi connectivity index (χ2v) is 6.73. The molecule has 2 fully saturated rings. The molecule has 0 saturated carbocycles. The highest BCUT2D eigenvalue weighted by atomic mass is 16.3. The normalized spacial score (nSPS) is 27.0. The van der Waals surface area contributed by atoms with Crippen LogP contribution in [-0.2, 0) is 11.2 Å². The van der Waals surface area contributed by atoms with Gasteiger partial charge in [0.25, 0.3) is 0 Å². The number of amides is 1. The van der Waals surface area contributed by atoms with Crippen LogP contribution in [0.4, 0.5) is 0 Å². The molecule has 0 aromatic heterocycles. The Morgan fingerprint density at radius 3 is 2.55 bits per heavy atom. The van der Waals surface area contributed by atoms with E-state index >= 15 is 0 Å². The maximum Gasteiger partial charge on any atom is 0.313 e. The molecular formula is C18H27N2O2+. The first-order chi connectivity index (χ1) is 10.7. The van der Waals surface area contributed by atoms with Gasteiger partial charge in [-0.05, 0) is 30.5 Å². The Hall–Kier alpha value is -1.39. The van der Waals surface area contributed by atoms with Crippen LogP contribution in [0.3, 0.4) is 0 Å². The van der Waals surface area contributed by atoms with Crippen molar-refractivity contribution in [1.82, 2.24) is 5.32 Å². The lowest BCUT2D eigenvalue weighted by Gasteiger charge is -2.46. The standard InChI is InChI=1S/C18H26N2O2/c21-17-6-4-15(5-7-17)10-14-20(13-2-1-3-18(20)22)16-8-11-19-12-9-16/h4-7,16,19H,1-3,8-14H2/p+1. The van der Waals surface area contributed by atoms with Gasteiger partial charge in [-0.25, -0.2) is 4.79 Å². The Kier molecular flexibility index (Phi) is 4.79. The minimum atomic E-state index is 0.306. The van der Waals surface area contributed by atoms with Crippen molar-refractivity contribution >= 4 is 5.91 Å². The fraction of sp³-hybridized carbons (Fsp3) is 0.611. The monoisotopic (exact) mass is 303 g/mol. The van der Waals surface area contributed by atoms with E-state index in [9.17, 15) is 9.90 Å². The van der Waals surface area contributed by atoms with Gasteiger partial charge in [0, 0.05) is 32.4 Å². The third kappa shape index (κ3) is 3.18. The largest absolute Gasteiger partial charge is 0.508 e. The zero-order chi connectivity index (χ0) is 15.4. The number of phenolic OH excluding ortho intramolecular Hbond substituents is 1. The lowest BCUT2D eigenvalue weighted by Crippen LogP contribution is -2.64. The number of rotatable bonds is 4. The van der Waals surface area contributed by atoms with Gasteiger partial charge >= 0.3 is 5.91 Å². The van der Waals surface area contributed by atoms with Gasteiger partial charge in [0.2, 0.25) is 0 Å². The lowest BCUT2D eigenvalue weighted by atomic mass is 9.94. The van der Waals surface area contributed by atoms with Crippen LogP contribution < -0.4 is 5.32 Å². The maximum atomic E-state index is 12.8. The minimum Gasteiger partial charge on any atom is -0.508 e. The molecule has 120 valence electrons. The molecule has 2 aliphatic rings. The number of hydrogen-bond donors (Lipinski definition) is 2. The van der Waals surface area contributed by atoms with Gasteiger partial charge in [-0.3, -0.25) is 4.48 Å². The van der Waals surface area contributed by atoms with Gasteiger partial charge in [0.05, 0.1) is 25.6 Å². The van der Waals surface area contributed by atoms with Crippen LogP contribution in [0.1, 0.15) is 37.7 Å². The van der Waals surface area contributed by atoms with Gasteiger partial charge in [0.1, 0.15) is 5.75 Å². The fourth-order valence-electron chi connectivity index (χ4n) is 4.11. The summed E-state index contributed by atoms with van der Waals surface area (Å²) in [6.07, 6.45) is 6.12. The number of carbonyl (C=O) groups is 1. The summed E-state index contributed by atoms with van der Waals surface area (Å²) in [4.78, 5) is 12.8. The van der Waals surface area contributed by atoms with Crippen LogP contribution in [-0.4, -0.2) is 47.7 Å². The Bertz CT molecular complexity index is 508. The van der Waals surface area contributed by atoms with Gasteiger partial charge in [-0.1, -0.05) is 12.1 Å². The van der Waals surface area contributed by atoms with Crippen LogP contribution in [0.25, 0.3) is 0 Å². The second kappa shape index (κ2) is 6.80. The molecule has 0 bridgehead atoms. The molecule has 2 N–H and O–H groups in total. The first-order valence-electron chi connectivity index (χ1n) is 8.59. The molecule has 22 heavy (non-hydrogen) atoms. The summed E-state index contributed by atoms with van der Waals surface area (Å²) in [5, 5.41) is 12.8. The van der Waals surface area contributed by atoms with Crippen molar-refractivity contribution in [2.24, 2.45) is 0 Å². The number of benzene rings is 1. The van der Waals surface area contributed by atoms with E-state index in [4.69, 9.17) is 0 Å². The molecule has 1 aromatic carbocycles. The first-order valence-corrected chi connectivity index (χ1v) is 8.59. The number of aromatic hydroxyl groups is 1. The smallest absolute Gasteiger partial charge is 0.313 e. The van der Waals surface area contributed by atoms with Crippen LogP contribution in [0.2, 0.25) is 0 Å². The van der Waals surface area contributed by atoms with E-state index in [0.717, 1.165) is 58.3 Å². The van der Waals surface area contributed by atoms with Crippen LogP contribution in [0.5, 0.6) is 5.75 Å². The maximum absolute atomic E-state index is 12.8. The number of nitrogens with zero attached hydrogens (tertiary/aromatic N) is 1. The predicted octanol–water partition coefficient (Wildman–Crippen LogP) is 2.21. The molecule has 4 nitrogen and oxygen atoms in total. The van der Waals surface area contributed by atoms with Crippen molar-refractivity contribution in [2.75, 3.05) is 26.2 Å². The van der Waals surface area contributed by atoms with Gasteiger partial charge in [-0.15, -0.1) is 0 Å². The summed E-state index contributed by atoms with van der Waals surface area (Å²) < 4.78 is 0.697. The van der Waals surface area contributed by atoms with E-state index in [0.29, 0.717) is 22.2 Å². The molecule has 1 atom stereocenters. The zero-order valence-electron chi connectivity index (χ0n) is 13.3. The highest BCUT2D eigenvalue weighted by molar-refractivity contribution is 5.69. The molecule has 0 radical (unpaired) electrons. The number of nitrogens with one attached hydrogen (secondary N) is 1. The van der Waals surface area contributed by atoms with Gasteiger partial charge < -0.3 is 10.4 Å². The first kappa shape index (κ1) is 15.5. The summed E-state index contributed by atoms with van der Waals surface area (Å²) in [7, 11) is 0. The lowest BCUT2D eigenvalue weighted by molar-refractivity contribution is -0.884. The average molecular weight is 303 g/mol. The van der Waals surface area contributed by atoms with Crippen molar-refractivity contribution in [2.45, 2.75) is 44.6 Å². The van der Waals surface area contributed by atoms with Gasteiger partial charge in [-0.2, -0.15) is 0 Å². The average Bonchev–Trinajstić information content (AvgIpc) is 2.57.